The van der Waals surface area contributed by atoms with Crippen LogP contribution in [0.15, 0.2) is 47.1 Å². The second-order valence-corrected chi connectivity index (χ2v) is 7.70. The van der Waals surface area contributed by atoms with E-state index in [1.54, 1.807) is 13.2 Å². The molecule has 0 unspecified atom stereocenters. The molecule has 0 radical (unpaired) electrons. The predicted octanol–water partition coefficient (Wildman–Crippen LogP) is 4.73. The highest BCUT2D eigenvalue weighted by molar-refractivity contribution is 7.80. The summed E-state index contributed by atoms with van der Waals surface area (Å²) in [5.41, 5.74) is 2.27. The van der Waals surface area contributed by atoms with Crippen molar-refractivity contribution in [1.82, 2.24) is 4.90 Å². The van der Waals surface area contributed by atoms with Crippen molar-refractivity contribution in [2.24, 2.45) is 0 Å². The van der Waals surface area contributed by atoms with Crippen LogP contribution >= 0.6 is 12.2 Å². The minimum Gasteiger partial charge on any atom is -0.467 e. The maximum Gasteiger partial charge on any atom is 0.307 e. The second kappa shape index (κ2) is 9.55. The highest BCUT2D eigenvalue weighted by Crippen LogP contribution is 2.23. The van der Waals surface area contributed by atoms with Gasteiger partial charge in [-0.05, 0) is 54.4 Å². The predicted molar refractivity (Wildman–Crippen MR) is 112 cm³/mol. The summed E-state index contributed by atoms with van der Waals surface area (Å²) in [7, 11) is 0. The fraction of sp³-hybridized carbons (Fsp3) is 0.429. The largest absolute Gasteiger partial charge is 0.467 e. The molecule has 1 aromatic carbocycles. The molecule has 0 aliphatic heterocycles. The molecule has 0 atom stereocenters. The third kappa shape index (κ3) is 6.71. The van der Waals surface area contributed by atoms with Crippen molar-refractivity contribution in [2.75, 3.05) is 18.5 Å². The number of nitrogens with zero attached hydrogens (tertiary/aromatic N) is 1. The molecule has 2 rings (SSSR count). The molecule has 0 amide bonds. The monoisotopic (exact) mass is 388 g/mol. The summed E-state index contributed by atoms with van der Waals surface area (Å²) < 4.78 is 10.4. The molecule has 1 aromatic heterocycles. The summed E-state index contributed by atoms with van der Waals surface area (Å²) in [6.07, 6.45) is 1.89. The number of hydrogen-bond acceptors (Lipinski definition) is 4. The second-order valence-electron chi connectivity index (χ2n) is 7.31. The van der Waals surface area contributed by atoms with E-state index < -0.39 is 0 Å². The molecule has 0 spiro atoms. The van der Waals surface area contributed by atoms with Gasteiger partial charge >= 0.3 is 5.97 Å². The molecule has 0 aliphatic carbocycles. The van der Waals surface area contributed by atoms with E-state index in [1.165, 1.54) is 5.56 Å². The first kappa shape index (κ1) is 21.0. The van der Waals surface area contributed by atoms with Gasteiger partial charge in [-0.15, -0.1) is 0 Å². The van der Waals surface area contributed by atoms with Crippen LogP contribution in [0.3, 0.4) is 0 Å². The first-order valence-corrected chi connectivity index (χ1v) is 9.55. The molecule has 1 heterocycles. The number of thiocarbonyl (C=S) groups is 1. The molecule has 5 nitrogen and oxygen atoms in total. The van der Waals surface area contributed by atoms with Gasteiger partial charge in [0.05, 0.1) is 25.8 Å². The topological polar surface area (TPSA) is 54.7 Å². The maximum atomic E-state index is 11.7. The van der Waals surface area contributed by atoms with Crippen LogP contribution in [0.4, 0.5) is 5.69 Å². The van der Waals surface area contributed by atoms with Crippen LogP contribution in [-0.2, 0) is 21.5 Å². The molecule has 0 saturated carbocycles. The summed E-state index contributed by atoms with van der Waals surface area (Å²) in [5.74, 6) is 0.547. The number of rotatable bonds is 7. The average Bonchev–Trinajstić information content (AvgIpc) is 3.11. The molecule has 0 aliphatic rings. The molecule has 6 heteroatoms. The zero-order valence-electron chi connectivity index (χ0n) is 16.5. The fourth-order valence-corrected chi connectivity index (χ4v) is 2.83. The Balaban J connectivity index is 2.04. The number of benzene rings is 1. The summed E-state index contributed by atoms with van der Waals surface area (Å²) in [6, 6.07) is 12.0. The number of hydrogen-bond donors (Lipinski definition) is 1. The van der Waals surface area contributed by atoms with Gasteiger partial charge in [0.25, 0.3) is 0 Å². The molecular formula is C21H28N2O3S. The van der Waals surface area contributed by atoms with E-state index in [9.17, 15) is 4.79 Å². The first-order valence-electron chi connectivity index (χ1n) is 9.14. The van der Waals surface area contributed by atoms with Crippen LogP contribution in [0.5, 0.6) is 0 Å². The molecular weight excluding hydrogens is 360 g/mol. The van der Waals surface area contributed by atoms with E-state index in [-0.39, 0.29) is 17.8 Å². The summed E-state index contributed by atoms with van der Waals surface area (Å²) in [4.78, 5) is 13.6. The standard InChI is InChI=1S/C21H28N2O3S/c1-5-25-19(24)12-13-23(15-18-7-6-14-26-18)20(27)22-17-10-8-16(9-11-17)21(2,3)4/h6-11,14H,5,12-13,15H2,1-4H3,(H,22,27). The van der Waals surface area contributed by atoms with E-state index in [0.29, 0.717) is 24.8 Å². The van der Waals surface area contributed by atoms with Gasteiger partial charge in [-0.2, -0.15) is 0 Å². The van der Waals surface area contributed by atoms with Crippen molar-refractivity contribution < 1.29 is 13.9 Å². The number of carbonyl (C=O) groups is 1. The number of nitrogens with one attached hydrogen (secondary N) is 1. The van der Waals surface area contributed by atoms with E-state index in [4.69, 9.17) is 21.4 Å². The summed E-state index contributed by atoms with van der Waals surface area (Å²) >= 11 is 5.57. The van der Waals surface area contributed by atoms with Gasteiger partial charge < -0.3 is 19.4 Å². The Morgan fingerprint density at radius 1 is 1.22 bits per heavy atom. The van der Waals surface area contributed by atoms with Crippen LogP contribution in [0.2, 0.25) is 0 Å². The van der Waals surface area contributed by atoms with E-state index in [0.717, 1.165) is 11.4 Å². The van der Waals surface area contributed by atoms with E-state index >= 15 is 0 Å². The van der Waals surface area contributed by atoms with Crippen LogP contribution < -0.4 is 5.32 Å². The van der Waals surface area contributed by atoms with Crippen LogP contribution in [0.25, 0.3) is 0 Å². The lowest BCUT2D eigenvalue weighted by Gasteiger charge is -2.25. The molecule has 146 valence electrons. The Hall–Kier alpha value is -2.34. The normalized spacial score (nSPS) is 11.1. The SMILES string of the molecule is CCOC(=O)CCN(Cc1ccco1)C(=S)Nc1ccc(C(C)(C)C)cc1. The lowest BCUT2D eigenvalue weighted by atomic mass is 9.87. The van der Waals surface area contributed by atoms with Crippen molar-refractivity contribution in [2.45, 2.75) is 46.1 Å². The number of anilines is 1. The van der Waals surface area contributed by atoms with Crippen molar-refractivity contribution in [1.29, 1.82) is 0 Å². The van der Waals surface area contributed by atoms with Crippen molar-refractivity contribution >= 4 is 29.0 Å². The zero-order valence-corrected chi connectivity index (χ0v) is 17.3. The van der Waals surface area contributed by atoms with Crippen molar-refractivity contribution in [3.05, 3.63) is 54.0 Å². The van der Waals surface area contributed by atoms with Crippen molar-refractivity contribution in [3.8, 4) is 0 Å². The van der Waals surface area contributed by atoms with Gasteiger partial charge in [0, 0.05) is 12.2 Å². The Labute approximate surface area is 166 Å². The van der Waals surface area contributed by atoms with Crippen LogP contribution in [0.1, 0.15) is 45.4 Å². The highest BCUT2D eigenvalue weighted by Gasteiger charge is 2.16. The van der Waals surface area contributed by atoms with Gasteiger partial charge in [0.1, 0.15) is 5.76 Å². The Morgan fingerprint density at radius 3 is 2.48 bits per heavy atom. The van der Waals surface area contributed by atoms with Crippen LogP contribution in [0, 0.1) is 0 Å². The fourth-order valence-electron chi connectivity index (χ4n) is 2.56. The smallest absolute Gasteiger partial charge is 0.307 e. The quantitative estimate of drug-likeness (QED) is 0.547. The van der Waals surface area contributed by atoms with E-state index in [1.807, 2.05) is 29.2 Å². The Bertz CT molecular complexity index is 734. The van der Waals surface area contributed by atoms with Gasteiger partial charge in [-0.25, -0.2) is 0 Å². The Kier molecular flexibility index (Phi) is 7.42. The lowest BCUT2D eigenvalue weighted by Crippen LogP contribution is -2.36. The average molecular weight is 389 g/mol. The first-order chi connectivity index (χ1) is 12.8. The number of carbonyl (C=O) groups excluding carboxylic acids is 1. The molecule has 27 heavy (non-hydrogen) atoms. The van der Waals surface area contributed by atoms with Gasteiger partial charge in [0.15, 0.2) is 5.11 Å². The number of furan rings is 1. The number of esters is 1. The van der Waals surface area contributed by atoms with E-state index in [2.05, 4.69) is 38.2 Å². The van der Waals surface area contributed by atoms with Gasteiger partial charge in [-0.3, -0.25) is 4.79 Å². The molecule has 2 aromatic rings. The maximum absolute atomic E-state index is 11.7. The minimum absolute atomic E-state index is 0.101. The lowest BCUT2D eigenvalue weighted by molar-refractivity contribution is -0.143. The summed E-state index contributed by atoms with van der Waals surface area (Å²) in [5, 5.41) is 3.79. The minimum atomic E-state index is -0.237. The van der Waals surface area contributed by atoms with Crippen molar-refractivity contribution in [3.63, 3.8) is 0 Å². The molecule has 1 N–H and O–H groups in total. The van der Waals surface area contributed by atoms with Gasteiger partial charge in [-0.1, -0.05) is 32.9 Å². The third-order valence-electron chi connectivity index (χ3n) is 4.11. The zero-order chi connectivity index (χ0) is 19.9. The van der Waals surface area contributed by atoms with Gasteiger partial charge in [0.2, 0.25) is 0 Å². The molecule has 0 fully saturated rings. The molecule has 0 saturated heterocycles. The van der Waals surface area contributed by atoms with Crippen LogP contribution in [-0.4, -0.2) is 29.1 Å². The highest BCUT2D eigenvalue weighted by atomic mass is 32.1. The summed E-state index contributed by atoms with van der Waals surface area (Å²) in [6.45, 7) is 9.65. The number of ether oxygens (including phenoxy) is 1. The third-order valence-corrected chi connectivity index (χ3v) is 4.47. The molecule has 0 bridgehead atoms. The Morgan fingerprint density at radius 2 is 1.93 bits per heavy atom.